The van der Waals surface area contributed by atoms with E-state index in [4.69, 9.17) is 9.15 Å². The van der Waals surface area contributed by atoms with Gasteiger partial charge < -0.3 is 4.74 Å². The van der Waals surface area contributed by atoms with Crippen molar-refractivity contribution in [3.8, 4) is 22.5 Å². The zero-order valence-electron chi connectivity index (χ0n) is 33.1. The van der Waals surface area contributed by atoms with Crippen LogP contribution in [0.5, 0.6) is 0 Å². The lowest BCUT2D eigenvalue weighted by molar-refractivity contribution is 0.131. The van der Waals surface area contributed by atoms with Crippen molar-refractivity contribution in [2.45, 2.75) is 63.9 Å². The summed E-state index contributed by atoms with van der Waals surface area (Å²) in [6, 6.07) is 56.4. The van der Waals surface area contributed by atoms with E-state index in [0.717, 1.165) is 86.2 Å². The van der Waals surface area contributed by atoms with Crippen molar-refractivity contribution in [3.63, 3.8) is 0 Å². The smallest absolute Gasteiger partial charge is 0.361 e. The Morgan fingerprint density at radius 2 is 1.12 bits per heavy atom. The monoisotopic (exact) mass is 753 g/mol. The van der Waals surface area contributed by atoms with Gasteiger partial charge in [0.2, 0.25) is 0 Å². The number of benzene rings is 5. The van der Waals surface area contributed by atoms with Crippen LogP contribution in [0.4, 0.5) is 0 Å². The number of hydrogen-bond donors (Lipinski definition) is 0. The normalized spacial score (nSPS) is 20.7. The molecule has 4 aliphatic rings. The SMILES string of the molecule is C1=C(c2ccccc2)OC2C(=C1c1ccccc1)CCCC2/C=C1\CCCC(/C=C2\CCCc3c(-c4ccccc4)cc(-c4ccccc4)[o+]c32)=C1c1ccccc1. The fraction of sp³-hybridized carbons (Fsp3) is 0.196. The highest BCUT2D eigenvalue weighted by molar-refractivity contribution is 5.88. The molecule has 1 fully saturated rings. The summed E-state index contributed by atoms with van der Waals surface area (Å²) in [6.07, 6.45) is 17.1. The molecular formula is C56H49O2+. The summed E-state index contributed by atoms with van der Waals surface area (Å²) in [5.74, 6) is 3.20. The van der Waals surface area contributed by atoms with Gasteiger partial charge in [0.25, 0.3) is 0 Å². The molecule has 1 saturated carbocycles. The van der Waals surface area contributed by atoms with Crippen LogP contribution in [0.3, 0.4) is 0 Å². The lowest BCUT2D eigenvalue weighted by Gasteiger charge is -2.38. The average Bonchev–Trinajstić information content (AvgIpc) is 3.30. The van der Waals surface area contributed by atoms with Gasteiger partial charge in [0.15, 0.2) is 0 Å². The van der Waals surface area contributed by atoms with Gasteiger partial charge >= 0.3 is 11.5 Å². The maximum Gasteiger partial charge on any atom is 0.361 e. The first-order valence-corrected chi connectivity index (χ1v) is 21.3. The molecule has 0 radical (unpaired) electrons. The standard InChI is InChI=1S/C56H49O2/c1-6-19-39(20-7-1)50-37-52(41-23-10-3-11-24-41)57-55-46(31-17-33-48(50)55)35-44-29-16-30-45(54(44)43-27-14-5-15-28-43)36-47-32-18-34-49-51(40-21-8-2-9-22-40)38-53(58-56(47)49)42-25-12-4-13-26-42/h1-15,19-28,35-38,46,55H,16-18,29-34H2/q+1/b44-35+,47-36+. The third-order valence-electron chi connectivity index (χ3n) is 12.5. The molecule has 1 aliphatic heterocycles. The van der Waals surface area contributed by atoms with E-state index in [-0.39, 0.29) is 12.0 Å². The topological polar surface area (TPSA) is 20.5 Å². The minimum Gasteiger partial charge on any atom is -0.485 e. The Hall–Kier alpha value is -6.25. The molecule has 284 valence electrons. The van der Waals surface area contributed by atoms with Crippen molar-refractivity contribution in [1.29, 1.82) is 0 Å². The van der Waals surface area contributed by atoms with Crippen LogP contribution < -0.4 is 0 Å². The van der Waals surface area contributed by atoms with Crippen molar-refractivity contribution in [1.82, 2.24) is 0 Å². The first-order valence-electron chi connectivity index (χ1n) is 21.3. The molecule has 0 saturated heterocycles. The van der Waals surface area contributed by atoms with E-state index in [1.54, 1.807) is 0 Å². The Morgan fingerprint density at radius 1 is 0.534 bits per heavy atom. The Labute approximate surface area is 343 Å². The van der Waals surface area contributed by atoms with E-state index in [1.807, 2.05) is 0 Å². The summed E-state index contributed by atoms with van der Waals surface area (Å²) in [4.78, 5) is 0. The summed E-state index contributed by atoms with van der Waals surface area (Å²) in [5, 5.41) is 0. The summed E-state index contributed by atoms with van der Waals surface area (Å²) in [7, 11) is 0. The van der Waals surface area contributed by atoms with Gasteiger partial charge in [-0.15, -0.1) is 0 Å². The first kappa shape index (κ1) is 36.1. The fourth-order valence-corrected chi connectivity index (χ4v) is 9.79. The van der Waals surface area contributed by atoms with Crippen LogP contribution in [0.1, 0.15) is 79.4 Å². The van der Waals surface area contributed by atoms with Crippen molar-refractivity contribution in [2.75, 3.05) is 0 Å². The van der Waals surface area contributed by atoms with E-state index < -0.39 is 0 Å². The first-order chi connectivity index (χ1) is 28.8. The van der Waals surface area contributed by atoms with Crippen LogP contribution in [-0.2, 0) is 11.2 Å². The van der Waals surface area contributed by atoms with Crippen molar-refractivity contribution >= 4 is 22.5 Å². The fourth-order valence-electron chi connectivity index (χ4n) is 9.79. The van der Waals surface area contributed by atoms with E-state index in [2.05, 4.69) is 176 Å². The van der Waals surface area contributed by atoms with Crippen LogP contribution >= 0.6 is 0 Å². The van der Waals surface area contributed by atoms with Gasteiger partial charge in [-0.25, -0.2) is 4.42 Å². The highest BCUT2D eigenvalue weighted by Gasteiger charge is 2.37. The van der Waals surface area contributed by atoms with E-state index in [9.17, 15) is 0 Å². The summed E-state index contributed by atoms with van der Waals surface area (Å²) in [5.41, 5.74) is 17.0. The molecule has 2 atom stereocenters. The van der Waals surface area contributed by atoms with Crippen LogP contribution in [-0.4, -0.2) is 6.10 Å². The predicted molar refractivity (Wildman–Crippen MR) is 240 cm³/mol. The van der Waals surface area contributed by atoms with E-state index >= 15 is 0 Å². The third kappa shape index (κ3) is 7.24. The van der Waals surface area contributed by atoms with Gasteiger partial charge in [-0.3, -0.25) is 0 Å². The van der Waals surface area contributed by atoms with Crippen LogP contribution in [0.15, 0.2) is 197 Å². The maximum absolute atomic E-state index is 7.12. The molecule has 0 amide bonds. The minimum atomic E-state index is -0.00532. The van der Waals surface area contributed by atoms with Gasteiger partial charge in [-0.05, 0) is 127 Å². The van der Waals surface area contributed by atoms with Gasteiger partial charge in [0, 0.05) is 17.0 Å². The molecule has 1 aromatic heterocycles. The van der Waals surface area contributed by atoms with Gasteiger partial charge in [-0.2, -0.15) is 0 Å². The molecule has 0 spiro atoms. The molecular weight excluding hydrogens is 705 g/mol. The molecule has 0 N–H and O–H groups in total. The second-order valence-electron chi connectivity index (χ2n) is 16.2. The number of fused-ring (bicyclic) bond motifs is 2. The summed E-state index contributed by atoms with van der Waals surface area (Å²) in [6.45, 7) is 0. The lowest BCUT2D eigenvalue weighted by atomic mass is 9.74. The van der Waals surface area contributed by atoms with Crippen molar-refractivity contribution in [3.05, 3.63) is 221 Å². The third-order valence-corrected chi connectivity index (χ3v) is 12.5. The molecule has 3 aliphatic carbocycles. The summed E-state index contributed by atoms with van der Waals surface area (Å²) >= 11 is 0. The van der Waals surface area contributed by atoms with Crippen molar-refractivity contribution in [2.24, 2.45) is 5.92 Å². The number of rotatable bonds is 7. The van der Waals surface area contributed by atoms with Gasteiger partial charge in [0.05, 0.1) is 22.8 Å². The highest BCUT2D eigenvalue weighted by Crippen LogP contribution is 2.47. The second kappa shape index (κ2) is 16.3. The Morgan fingerprint density at radius 3 is 1.81 bits per heavy atom. The van der Waals surface area contributed by atoms with Crippen LogP contribution in [0, 0.1) is 5.92 Å². The molecule has 6 aromatic rings. The average molecular weight is 754 g/mol. The number of hydrogen-bond acceptors (Lipinski definition) is 1. The molecule has 2 unspecified atom stereocenters. The molecule has 2 heterocycles. The minimum absolute atomic E-state index is 0.00532. The van der Waals surface area contributed by atoms with Crippen LogP contribution in [0.25, 0.3) is 44.9 Å². The van der Waals surface area contributed by atoms with Crippen LogP contribution in [0.2, 0.25) is 0 Å². The van der Waals surface area contributed by atoms with Gasteiger partial charge in [0.1, 0.15) is 11.9 Å². The number of ether oxygens (including phenoxy) is 1. The largest absolute Gasteiger partial charge is 0.485 e. The maximum atomic E-state index is 7.12. The lowest BCUT2D eigenvalue weighted by Crippen LogP contribution is -2.31. The Bertz CT molecular complexity index is 2580. The van der Waals surface area contributed by atoms with Crippen molar-refractivity contribution < 1.29 is 9.15 Å². The second-order valence-corrected chi connectivity index (χ2v) is 16.2. The molecule has 10 rings (SSSR count). The zero-order valence-corrected chi connectivity index (χ0v) is 33.1. The van der Waals surface area contributed by atoms with Gasteiger partial charge in [-0.1, -0.05) is 146 Å². The van der Waals surface area contributed by atoms with E-state index in [0.29, 0.717) is 0 Å². The molecule has 2 heteroatoms. The predicted octanol–water partition coefficient (Wildman–Crippen LogP) is 14.9. The molecule has 0 bridgehead atoms. The Balaban J connectivity index is 1.10. The molecule has 2 nitrogen and oxygen atoms in total. The molecule has 5 aromatic carbocycles. The Kier molecular flexibility index (Phi) is 10.2. The number of allylic oxidation sites excluding steroid dienone is 7. The molecule has 58 heavy (non-hydrogen) atoms. The highest BCUT2D eigenvalue weighted by atomic mass is 16.5. The quantitative estimate of drug-likeness (QED) is 0.151. The van der Waals surface area contributed by atoms with E-state index in [1.165, 1.54) is 61.3 Å². The summed E-state index contributed by atoms with van der Waals surface area (Å²) < 4.78 is 14.1. The zero-order chi connectivity index (χ0) is 38.7.